The van der Waals surface area contributed by atoms with Crippen molar-refractivity contribution in [1.29, 1.82) is 0 Å². The van der Waals surface area contributed by atoms with Gasteiger partial charge in [0.15, 0.2) is 11.6 Å². The van der Waals surface area contributed by atoms with Crippen LogP contribution in [0.15, 0.2) is 12.1 Å². The number of nitrogens with two attached hydrogens (primary N) is 1. The summed E-state index contributed by atoms with van der Waals surface area (Å²) in [5.41, 5.74) is 6.15. The molecule has 1 aliphatic carbocycles. The summed E-state index contributed by atoms with van der Waals surface area (Å²) in [5, 5.41) is 0. The van der Waals surface area contributed by atoms with Crippen LogP contribution in [-0.2, 0) is 5.54 Å². The van der Waals surface area contributed by atoms with Crippen molar-refractivity contribution in [3.05, 3.63) is 23.8 Å². The third-order valence-electron chi connectivity index (χ3n) is 3.25. The third-order valence-corrected chi connectivity index (χ3v) is 3.25. The molecule has 1 aromatic carbocycles. The molecule has 0 radical (unpaired) electrons. The maximum absolute atomic E-state index is 13.7. The molecular weight excluding hydrogens is 212 g/mol. The summed E-state index contributed by atoms with van der Waals surface area (Å²) in [6, 6.07) is 2.52. The lowest BCUT2D eigenvalue weighted by Gasteiger charge is -2.14. The van der Waals surface area contributed by atoms with Crippen molar-refractivity contribution >= 4 is 17.0 Å². The smallest absolute Gasteiger partial charge is 0.201 e. The molecule has 3 rings (SSSR count). The van der Waals surface area contributed by atoms with E-state index in [1.807, 2.05) is 6.92 Å². The minimum Gasteiger partial charge on any atom is -0.369 e. The van der Waals surface area contributed by atoms with Gasteiger partial charge in [0.1, 0.15) is 5.52 Å². The Labute approximate surface area is 90.9 Å². The van der Waals surface area contributed by atoms with Gasteiger partial charge < -0.3 is 10.3 Å². The predicted molar refractivity (Wildman–Crippen MR) is 56.9 cm³/mol. The second-order valence-electron chi connectivity index (χ2n) is 4.53. The average Bonchev–Trinajstić information content (AvgIpc) is 2.86. The minimum absolute atomic E-state index is 0.178. The fourth-order valence-electron chi connectivity index (χ4n) is 2.07. The number of benzene rings is 1. The summed E-state index contributed by atoms with van der Waals surface area (Å²) in [6.07, 6.45) is 1.83. The molecule has 0 bridgehead atoms. The monoisotopic (exact) mass is 223 g/mol. The molecule has 1 saturated carbocycles. The van der Waals surface area contributed by atoms with Crippen LogP contribution in [-0.4, -0.2) is 9.55 Å². The number of fused-ring (bicyclic) bond motifs is 1. The first-order valence-corrected chi connectivity index (χ1v) is 5.15. The quantitative estimate of drug-likeness (QED) is 0.806. The molecule has 1 aliphatic rings. The molecule has 0 spiro atoms. The number of aromatic nitrogens is 2. The molecule has 0 unspecified atom stereocenters. The van der Waals surface area contributed by atoms with Gasteiger partial charge in [-0.3, -0.25) is 0 Å². The number of nitrogen functional groups attached to an aromatic ring is 1. The summed E-state index contributed by atoms with van der Waals surface area (Å²) < 4.78 is 28.5. The van der Waals surface area contributed by atoms with Gasteiger partial charge in [-0.2, -0.15) is 0 Å². The molecule has 1 aromatic heterocycles. The summed E-state index contributed by atoms with van der Waals surface area (Å²) in [7, 11) is 0. The number of nitrogens with zero attached hydrogens (tertiary/aromatic N) is 2. The van der Waals surface area contributed by atoms with E-state index in [0.717, 1.165) is 18.9 Å². The Morgan fingerprint density at radius 1 is 1.38 bits per heavy atom. The Balaban J connectivity index is 2.42. The summed E-state index contributed by atoms with van der Waals surface area (Å²) >= 11 is 0. The van der Waals surface area contributed by atoms with E-state index in [1.54, 1.807) is 4.57 Å². The maximum atomic E-state index is 13.7. The number of rotatable bonds is 1. The summed E-state index contributed by atoms with van der Waals surface area (Å²) in [4.78, 5) is 4.06. The van der Waals surface area contributed by atoms with Crippen LogP contribution in [0.3, 0.4) is 0 Å². The van der Waals surface area contributed by atoms with Crippen molar-refractivity contribution in [1.82, 2.24) is 9.55 Å². The second kappa shape index (κ2) is 2.72. The van der Waals surface area contributed by atoms with E-state index in [2.05, 4.69) is 4.98 Å². The Bertz CT molecular complexity index is 584. The lowest BCUT2D eigenvalue weighted by atomic mass is 10.2. The van der Waals surface area contributed by atoms with Crippen LogP contribution in [0.2, 0.25) is 0 Å². The number of imidazole rings is 1. The van der Waals surface area contributed by atoms with Crippen LogP contribution in [0.5, 0.6) is 0 Å². The fraction of sp³-hybridized carbons (Fsp3) is 0.364. The van der Waals surface area contributed by atoms with Crippen LogP contribution in [0, 0.1) is 11.6 Å². The summed E-state index contributed by atoms with van der Waals surface area (Å²) in [5.74, 6) is -1.48. The normalized spacial score (nSPS) is 17.9. The van der Waals surface area contributed by atoms with Gasteiger partial charge in [-0.25, -0.2) is 13.8 Å². The molecule has 2 aromatic rings. The standard InChI is InChI=1S/C11H11F2N3/c1-11(4-5-11)16-9-7(15-10(16)14)3-2-6(12)8(9)13/h2-3H,4-5H2,1H3,(H2,14,15). The average molecular weight is 223 g/mol. The van der Waals surface area contributed by atoms with E-state index in [-0.39, 0.29) is 17.0 Å². The van der Waals surface area contributed by atoms with Gasteiger partial charge in [-0.1, -0.05) is 0 Å². The van der Waals surface area contributed by atoms with Gasteiger partial charge in [0.05, 0.1) is 5.52 Å². The van der Waals surface area contributed by atoms with E-state index in [9.17, 15) is 8.78 Å². The topological polar surface area (TPSA) is 43.8 Å². The van der Waals surface area contributed by atoms with Gasteiger partial charge in [0, 0.05) is 5.54 Å². The van der Waals surface area contributed by atoms with Gasteiger partial charge >= 0.3 is 0 Å². The van der Waals surface area contributed by atoms with Crippen molar-refractivity contribution in [3.63, 3.8) is 0 Å². The molecule has 1 fully saturated rings. The number of hydrogen-bond acceptors (Lipinski definition) is 2. The number of anilines is 1. The fourth-order valence-corrected chi connectivity index (χ4v) is 2.07. The molecule has 0 saturated heterocycles. The lowest BCUT2D eigenvalue weighted by Crippen LogP contribution is -2.15. The third kappa shape index (κ3) is 1.08. The van der Waals surface area contributed by atoms with E-state index >= 15 is 0 Å². The van der Waals surface area contributed by atoms with Crippen molar-refractivity contribution in [2.75, 3.05) is 5.73 Å². The molecule has 0 amide bonds. The van der Waals surface area contributed by atoms with Crippen molar-refractivity contribution in [3.8, 4) is 0 Å². The van der Waals surface area contributed by atoms with Crippen LogP contribution < -0.4 is 5.73 Å². The zero-order valence-electron chi connectivity index (χ0n) is 8.80. The summed E-state index contributed by atoms with van der Waals surface area (Å²) in [6.45, 7) is 1.97. The SMILES string of the molecule is CC1(n2c(N)nc3ccc(F)c(F)c32)CC1. The first-order chi connectivity index (χ1) is 7.53. The largest absolute Gasteiger partial charge is 0.369 e. The zero-order chi connectivity index (χ0) is 11.5. The first kappa shape index (κ1) is 9.57. The Hall–Kier alpha value is -1.65. The lowest BCUT2D eigenvalue weighted by molar-refractivity contribution is 0.498. The van der Waals surface area contributed by atoms with Crippen LogP contribution in [0.4, 0.5) is 14.7 Å². The highest BCUT2D eigenvalue weighted by Crippen LogP contribution is 2.46. The van der Waals surface area contributed by atoms with Gasteiger partial charge in [0.25, 0.3) is 0 Å². The minimum atomic E-state index is -0.866. The Kier molecular flexibility index (Phi) is 1.63. The van der Waals surface area contributed by atoms with E-state index in [1.165, 1.54) is 6.07 Å². The van der Waals surface area contributed by atoms with Crippen molar-refractivity contribution < 1.29 is 8.78 Å². The highest BCUT2D eigenvalue weighted by atomic mass is 19.2. The Morgan fingerprint density at radius 3 is 2.69 bits per heavy atom. The molecular formula is C11H11F2N3. The number of hydrogen-bond donors (Lipinski definition) is 1. The molecule has 3 nitrogen and oxygen atoms in total. The number of halogens is 2. The van der Waals surface area contributed by atoms with E-state index in [0.29, 0.717) is 5.52 Å². The van der Waals surface area contributed by atoms with E-state index in [4.69, 9.17) is 5.73 Å². The highest BCUT2D eigenvalue weighted by molar-refractivity contribution is 5.79. The van der Waals surface area contributed by atoms with Crippen molar-refractivity contribution in [2.45, 2.75) is 25.3 Å². The molecule has 0 atom stereocenters. The Morgan fingerprint density at radius 2 is 2.06 bits per heavy atom. The van der Waals surface area contributed by atoms with Crippen LogP contribution in [0.1, 0.15) is 19.8 Å². The van der Waals surface area contributed by atoms with Gasteiger partial charge in [-0.15, -0.1) is 0 Å². The van der Waals surface area contributed by atoms with Crippen LogP contribution in [0.25, 0.3) is 11.0 Å². The zero-order valence-corrected chi connectivity index (χ0v) is 8.80. The molecule has 16 heavy (non-hydrogen) atoms. The maximum Gasteiger partial charge on any atom is 0.201 e. The molecule has 1 heterocycles. The molecule has 5 heteroatoms. The second-order valence-corrected chi connectivity index (χ2v) is 4.53. The van der Waals surface area contributed by atoms with Gasteiger partial charge in [-0.05, 0) is 31.9 Å². The van der Waals surface area contributed by atoms with Crippen LogP contribution >= 0.6 is 0 Å². The molecule has 84 valence electrons. The molecule has 0 aliphatic heterocycles. The molecule has 2 N–H and O–H groups in total. The van der Waals surface area contributed by atoms with Crippen molar-refractivity contribution in [2.24, 2.45) is 0 Å². The van der Waals surface area contributed by atoms with Gasteiger partial charge in [0.2, 0.25) is 5.95 Å². The van der Waals surface area contributed by atoms with E-state index < -0.39 is 11.6 Å². The highest BCUT2D eigenvalue weighted by Gasteiger charge is 2.42. The predicted octanol–water partition coefficient (Wildman–Crippen LogP) is 2.41. The first-order valence-electron chi connectivity index (χ1n) is 5.15.